The highest BCUT2D eigenvalue weighted by atomic mass is 35.5. The Morgan fingerprint density at radius 3 is 2.57 bits per heavy atom. The molecule has 1 unspecified atom stereocenters. The van der Waals surface area contributed by atoms with Crippen LogP contribution in [0.1, 0.15) is 17.2 Å². The molecule has 4 heteroatoms. The van der Waals surface area contributed by atoms with Gasteiger partial charge in [0.15, 0.2) is 0 Å². The molecule has 106 valence electrons. The monoisotopic (exact) mass is 298 g/mol. The smallest absolute Gasteiger partial charge is 0.146 e. The van der Waals surface area contributed by atoms with Crippen LogP contribution in [0.2, 0.25) is 5.02 Å². The molecule has 3 nitrogen and oxygen atoms in total. The van der Waals surface area contributed by atoms with Crippen LogP contribution in [-0.4, -0.2) is 17.1 Å². The van der Waals surface area contributed by atoms with E-state index in [9.17, 15) is 5.11 Å². The molecule has 1 heterocycles. The van der Waals surface area contributed by atoms with Crippen molar-refractivity contribution in [2.24, 2.45) is 0 Å². The summed E-state index contributed by atoms with van der Waals surface area (Å²) in [5.41, 5.74) is 2.45. The maximum absolute atomic E-state index is 10.5. The first-order chi connectivity index (χ1) is 10.2. The van der Waals surface area contributed by atoms with E-state index in [2.05, 4.69) is 10.3 Å². The lowest BCUT2D eigenvalue weighted by Crippen LogP contribution is -2.17. The van der Waals surface area contributed by atoms with E-state index in [1.165, 1.54) is 0 Å². The summed E-state index contributed by atoms with van der Waals surface area (Å²) in [4.78, 5) is 4.27. The highest BCUT2D eigenvalue weighted by Gasteiger charge is 2.17. The van der Waals surface area contributed by atoms with Crippen LogP contribution in [0.3, 0.4) is 0 Å². The number of nitrogens with zero attached hydrogens (tertiary/aromatic N) is 1. The lowest BCUT2D eigenvalue weighted by atomic mass is 9.96. The van der Waals surface area contributed by atoms with E-state index in [-0.39, 0.29) is 11.8 Å². The third kappa shape index (κ3) is 2.58. The lowest BCUT2D eigenvalue weighted by molar-refractivity contribution is 0.466. The Bertz CT molecular complexity index is 771. The Hall–Kier alpha value is -2.10. The molecule has 1 aromatic heterocycles. The molecule has 2 N–H and O–H groups in total. The number of fused-ring (bicyclic) bond motifs is 1. The Morgan fingerprint density at radius 1 is 1.10 bits per heavy atom. The van der Waals surface area contributed by atoms with E-state index in [1.54, 1.807) is 6.20 Å². The largest absolute Gasteiger partial charge is 0.505 e. The van der Waals surface area contributed by atoms with Gasteiger partial charge in [-0.25, -0.2) is 0 Å². The maximum Gasteiger partial charge on any atom is 0.146 e. The zero-order chi connectivity index (χ0) is 14.8. The maximum atomic E-state index is 10.5. The molecule has 0 amide bonds. The van der Waals surface area contributed by atoms with Crippen molar-refractivity contribution < 1.29 is 5.11 Å². The zero-order valence-electron chi connectivity index (χ0n) is 11.5. The van der Waals surface area contributed by atoms with Gasteiger partial charge in [-0.3, -0.25) is 4.98 Å². The van der Waals surface area contributed by atoms with Gasteiger partial charge in [-0.1, -0.05) is 41.9 Å². The Labute approximate surface area is 128 Å². The summed E-state index contributed by atoms with van der Waals surface area (Å²) in [6.07, 6.45) is 1.68. The first-order valence-electron chi connectivity index (χ1n) is 6.70. The second-order valence-corrected chi connectivity index (χ2v) is 5.29. The Balaban J connectivity index is 2.12. The number of halogens is 1. The summed E-state index contributed by atoms with van der Waals surface area (Å²) in [5.74, 6) is 0.211. The number of phenols is 1. The molecule has 0 spiro atoms. The summed E-state index contributed by atoms with van der Waals surface area (Å²) in [6, 6.07) is 15.2. The summed E-state index contributed by atoms with van der Waals surface area (Å²) in [7, 11) is 1.86. The van der Waals surface area contributed by atoms with Gasteiger partial charge in [0.1, 0.15) is 11.3 Å². The van der Waals surface area contributed by atoms with Crippen LogP contribution in [0.4, 0.5) is 0 Å². The van der Waals surface area contributed by atoms with E-state index < -0.39 is 0 Å². The van der Waals surface area contributed by atoms with Crippen LogP contribution >= 0.6 is 11.6 Å². The fraction of sp³-hybridized carbons (Fsp3) is 0.118. The molecule has 2 aromatic carbocycles. The standard InChI is InChI=1S/C17H15ClN2O/c1-19-15(12-4-7-13(18)8-5-12)14-9-6-11-3-2-10-20-16(11)17(14)21/h2-10,15,19,21H,1H3. The molecule has 3 aromatic rings. The molecule has 1 atom stereocenters. The molecule has 3 rings (SSSR count). The Kier molecular flexibility index (Phi) is 3.78. The number of phenolic OH excluding ortho intramolecular Hbond substituents is 1. The highest BCUT2D eigenvalue weighted by molar-refractivity contribution is 6.30. The predicted octanol–water partition coefficient (Wildman–Crippen LogP) is 3.90. The summed E-state index contributed by atoms with van der Waals surface area (Å²) < 4.78 is 0. The number of rotatable bonds is 3. The van der Waals surface area contributed by atoms with Crippen LogP contribution in [0, 0.1) is 0 Å². The number of hydrogen-bond donors (Lipinski definition) is 2. The van der Waals surface area contributed by atoms with E-state index >= 15 is 0 Å². The zero-order valence-corrected chi connectivity index (χ0v) is 12.3. The van der Waals surface area contributed by atoms with E-state index in [0.717, 1.165) is 16.5 Å². The third-order valence-corrected chi connectivity index (χ3v) is 3.83. The SMILES string of the molecule is CNC(c1ccc(Cl)cc1)c1ccc2cccnc2c1O. The van der Waals surface area contributed by atoms with E-state index in [4.69, 9.17) is 11.6 Å². The number of hydrogen-bond acceptors (Lipinski definition) is 3. The summed E-state index contributed by atoms with van der Waals surface area (Å²) in [6.45, 7) is 0. The van der Waals surface area contributed by atoms with Crippen LogP contribution < -0.4 is 5.32 Å². The van der Waals surface area contributed by atoms with Gasteiger partial charge < -0.3 is 10.4 Å². The van der Waals surface area contributed by atoms with E-state index in [1.807, 2.05) is 55.6 Å². The minimum atomic E-state index is -0.117. The molecule has 0 aliphatic heterocycles. The first-order valence-corrected chi connectivity index (χ1v) is 7.08. The molecule has 0 bridgehead atoms. The van der Waals surface area contributed by atoms with Gasteiger partial charge in [-0.15, -0.1) is 0 Å². The normalized spacial score (nSPS) is 12.5. The molecule has 0 aliphatic rings. The molecule has 21 heavy (non-hydrogen) atoms. The fourth-order valence-corrected chi connectivity index (χ4v) is 2.66. The molecule has 0 fully saturated rings. The van der Waals surface area contributed by atoms with Gasteiger partial charge in [0, 0.05) is 22.2 Å². The number of aromatic nitrogens is 1. The molecular weight excluding hydrogens is 284 g/mol. The van der Waals surface area contributed by atoms with E-state index in [0.29, 0.717) is 10.5 Å². The van der Waals surface area contributed by atoms with Crippen LogP contribution in [0.25, 0.3) is 10.9 Å². The Morgan fingerprint density at radius 2 is 1.86 bits per heavy atom. The van der Waals surface area contributed by atoms with Gasteiger partial charge in [-0.05, 0) is 30.8 Å². The van der Waals surface area contributed by atoms with Gasteiger partial charge in [0.2, 0.25) is 0 Å². The van der Waals surface area contributed by atoms with Crippen molar-refractivity contribution in [2.75, 3.05) is 7.05 Å². The number of nitrogens with one attached hydrogen (secondary N) is 1. The van der Waals surface area contributed by atoms with Crippen LogP contribution in [0.5, 0.6) is 5.75 Å². The predicted molar refractivity (Wildman–Crippen MR) is 85.8 cm³/mol. The lowest BCUT2D eigenvalue weighted by Gasteiger charge is -2.19. The minimum Gasteiger partial charge on any atom is -0.505 e. The average Bonchev–Trinajstić information content (AvgIpc) is 2.52. The van der Waals surface area contributed by atoms with Crippen molar-refractivity contribution in [1.82, 2.24) is 10.3 Å². The number of benzene rings is 2. The van der Waals surface area contributed by atoms with Crippen molar-refractivity contribution in [3.8, 4) is 5.75 Å². The van der Waals surface area contributed by atoms with Gasteiger partial charge in [0.25, 0.3) is 0 Å². The van der Waals surface area contributed by atoms with Crippen LogP contribution in [0.15, 0.2) is 54.7 Å². The first kappa shape index (κ1) is 13.9. The summed E-state index contributed by atoms with van der Waals surface area (Å²) in [5, 5.41) is 15.4. The quantitative estimate of drug-likeness (QED) is 0.771. The molecule has 0 saturated heterocycles. The van der Waals surface area contributed by atoms with Crippen molar-refractivity contribution in [3.05, 3.63) is 70.9 Å². The number of aromatic hydroxyl groups is 1. The van der Waals surface area contributed by atoms with Gasteiger partial charge in [0.05, 0.1) is 6.04 Å². The highest BCUT2D eigenvalue weighted by Crippen LogP contribution is 2.34. The molecule has 0 saturated carbocycles. The fourth-order valence-electron chi connectivity index (χ4n) is 2.54. The second-order valence-electron chi connectivity index (χ2n) is 4.85. The topological polar surface area (TPSA) is 45.2 Å². The molecule has 0 radical (unpaired) electrons. The minimum absolute atomic E-state index is 0.117. The van der Waals surface area contributed by atoms with Crippen molar-refractivity contribution in [2.45, 2.75) is 6.04 Å². The summed E-state index contributed by atoms with van der Waals surface area (Å²) >= 11 is 5.94. The van der Waals surface area contributed by atoms with Crippen molar-refractivity contribution in [3.63, 3.8) is 0 Å². The van der Waals surface area contributed by atoms with Crippen molar-refractivity contribution in [1.29, 1.82) is 0 Å². The second kappa shape index (κ2) is 5.72. The van der Waals surface area contributed by atoms with Crippen molar-refractivity contribution >= 4 is 22.5 Å². The molecule has 0 aliphatic carbocycles. The molecular formula is C17H15ClN2O. The van der Waals surface area contributed by atoms with Gasteiger partial charge >= 0.3 is 0 Å². The van der Waals surface area contributed by atoms with Gasteiger partial charge in [-0.2, -0.15) is 0 Å². The number of pyridine rings is 1. The third-order valence-electron chi connectivity index (χ3n) is 3.58. The van der Waals surface area contributed by atoms with Crippen LogP contribution in [-0.2, 0) is 0 Å². The average molecular weight is 299 g/mol.